The van der Waals surface area contributed by atoms with E-state index in [1.54, 1.807) is 0 Å². The maximum Gasteiger partial charge on any atom is 0.217 e. The molecule has 0 aliphatic carbocycles. The molecule has 0 aromatic rings. The van der Waals surface area contributed by atoms with Crippen LogP contribution in [0.2, 0.25) is 0 Å². The lowest BCUT2D eigenvalue weighted by Gasteiger charge is -2.36. The average molecular weight is 256 g/mol. The Morgan fingerprint density at radius 2 is 2.25 bits per heavy atom. The third kappa shape index (κ3) is 3.94. The summed E-state index contributed by atoms with van der Waals surface area (Å²) in [4.78, 5) is 0. The summed E-state index contributed by atoms with van der Waals surface area (Å²) in [6.07, 6.45) is -2.42. The van der Waals surface area contributed by atoms with E-state index in [2.05, 4.69) is 4.18 Å². The number of aliphatic hydroxyl groups is 1. The van der Waals surface area contributed by atoms with Gasteiger partial charge in [0.2, 0.25) is 10.4 Å². The van der Waals surface area contributed by atoms with Crippen LogP contribution in [0, 0.1) is 0 Å². The van der Waals surface area contributed by atoms with Crippen LogP contribution in [0.3, 0.4) is 0 Å². The van der Waals surface area contributed by atoms with Gasteiger partial charge >= 0.3 is 0 Å². The molecule has 1 fully saturated rings. The van der Waals surface area contributed by atoms with Crippen LogP contribution in [0.1, 0.15) is 6.42 Å². The summed E-state index contributed by atoms with van der Waals surface area (Å²) in [5.74, 6) is 0. The van der Waals surface area contributed by atoms with E-state index in [0.29, 0.717) is 0 Å². The number of methoxy groups -OCH3 is 1. The van der Waals surface area contributed by atoms with E-state index in [4.69, 9.17) is 15.2 Å². The summed E-state index contributed by atoms with van der Waals surface area (Å²) in [5, 5.41) is 9.51. The number of aliphatic hydroxyl groups excluding tert-OH is 1. The molecule has 1 aliphatic heterocycles. The Hall–Kier alpha value is -0.290. The SMILES string of the molecule is CO[C@H]1OC(COS(=O)(=O)[O-])C[C@@H](O)C1N. The van der Waals surface area contributed by atoms with Crippen LogP contribution >= 0.6 is 0 Å². The second-order valence-corrected chi connectivity index (χ2v) is 4.49. The van der Waals surface area contributed by atoms with Crippen LogP contribution in [0.15, 0.2) is 0 Å². The van der Waals surface area contributed by atoms with E-state index in [9.17, 15) is 18.1 Å². The lowest BCUT2D eigenvalue weighted by atomic mass is 10.0. The Morgan fingerprint density at radius 1 is 1.62 bits per heavy atom. The number of ether oxygens (including phenoxy) is 2. The van der Waals surface area contributed by atoms with E-state index in [1.165, 1.54) is 7.11 Å². The molecule has 3 N–H and O–H groups in total. The zero-order chi connectivity index (χ0) is 12.3. The van der Waals surface area contributed by atoms with Crippen molar-refractivity contribution in [2.24, 2.45) is 5.73 Å². The molecule has 0 saturated carbocycles. The third-order valence-corrected chi connectivity index (χ3v) is 2.64. The van der Waals surface area contributed by atoms with Gasteiger partial charge in [-0.25, -0.2) is 8.42 Å². The van der Waals surface area contributed by atoms with Gasteiger partial charge in [-0.05, 0) is 0 Å². The first-order valence-electron chi connectivity index (χ1n) is 4.55. The molecule has 0 amide bonds. The Morgan fingerprint density at radius 3 is 2.75 bits per heavy atom. The first kappa shape index (κ1) is 13.8. The fourth-order valence-corrected chi connectivity index (χ4v) is 1.74. The molecular formula is C7H14NO7S-. The van der Waals surface area contributed by atoms with Gasteiger partial charge in [-0.15, -0.1) is 0 Å². The predicted octanol–water partition coefficient (Wildman–Crippen LogP) is -2.09. The second kappa shape index (κ2) is 5.36. The summed E-state index contributed by atoms with van der Waals surface area (Å²) < 4.78 is 44.7. The zero-order valence-corrected chi connectivity index (χ0v) is 9.42. The largest absolute Gasteiger partial charge is 0.726 e. The first-order chi connectivity index (χ1) is 7.33. The van der Waals surface area contributed by atoms with Crippen molar-refractivity contribution in [1.82, 2.24) is 0 Å². The molecule has 2 unspecified atom stereocenters. The predicted molar refractivity (Wildman–Crippen MR) is 49.9 cm³/mol. The number of hydrogen-bond acceptors (Lipinski definition) is 8. The normalized spacial score (nSPS) is 36.2. The lowest BCUT2D eigenvalue weighted by molar-refractivity contribution is -0.219. The highest BCUT2D eigenvalue weighted by Gasteiger charge is 2.35. The maximum absolute atomic E-state index is 10.2. The topological polar surface area (TPSA) is 131 Å². The van der Waals surface area contributed by atoms with Crippen LogP contribution in [0.25, 0.3) is 0 Å². The highest BCUT2D eigenvalue weighted by Crippen LogP contribution is 2.20. The number of nitrogens with two attached hydrogens (primary N) is 1. The fraction of sp³-hybridized carbons (Fsp3) is 1.00. The van der Waals surface area contributed by atoms with E-state index in [1.807, 2.05) is 0 Å². The molecule has 0 spiro atoms. The minimum atomic E-state index is -4.76. The van der Waals surface area contributed by atoms with Crippen molar-refractivity contribution in [3.8, 4) is 0 Å². The Balaban J connectivity index is 2.51. The van der Waals surface area contributed by atoms with E-state index in [-0.39, 0.29) is 6.42 Å². The molecule has 4 atom stereocenters. The van der Waals surface area contributed by atoms with Crippen LogP contribution < -0.4 is 5.73 Å². The fourth-order valence-electron chi connectivity index (χ4n) is 1.42. The van der Waals surface area contributed by atoms with Crippen LogP contribution in [-0.4, -0.2) is 56.3 Å². The van der Waals surface area contributed by atoms with Gasteiger partial charge in [0.05, 0.1) is 24.9 Å². The number of hydrogen-bond donors (Lipinski definition) is 2. The summed E-state index contributed by atoms with van der Waals surface area (Å²) in [6.45, 7) is -0.463. The summed E-state index contributed by atoms with van der Waals surface area (Å²) in [6, 6.07) is -0.717. The molecule has 0 radical (unpaired) electrons. The highest BCUT2D eigenvalue weighted by atomic mass is 32.3. The van der Waals surface area contributed by atoms with Gasteiger partial charge in [0.1, 0.15) is 0 Å². The van der Waals surface area contributed by atoms with E-state index >= 15 is 0 Å². The van der Waals surface area contributed by atoms with Crippen LogP contribution in [-0.2, 0) is 24.1 Å². The maximum atomic E-state index is 10.2. The summed E-state index contributed by atoms with van der Waals surface area (Å²) in [5.41, 5.74) is 5.56. The molecule has 16 heavy (non-hydrogen) atoms. The first-order valence-corrected chi connectivity index (χ1v) is 5.89. The summed E-state index contributed by atoms with van der Waals surface area (Å²) in [7, 11) is -3.42. The Bertz CT molecular complexity index is 319. The Labute approximate surface area is 93.2 Å². The standard InChI is InChI=1S/C7H15NO7S/c1-13-7-6(8)5(9)2-4(15-7)3-14-16(10,11)12/h4-7,9H,2-3,8H2,1H3,(H,10,11,12)/p-1/t4?,5-,6?,7+/m1/s1. The minimum Gasteiger partial charge on any atom is -0.726 e. The molecule has 9 heteroatoms. The van der Waals surface area contributed by atoms with Crippen molar-refractivity contribution in [1.29, 1.82) is 0 Å². The van der Waals surface area contributed by atoms with Crippen molar-refractivity contribution in [2.45, 2.75) is 31.0 Å². The molecular weight excluding hydrogens is 242 g/mol. The van der Waals surface area contributed by atoms with Crippen LogP contribution in [0.5, 0.6) is 0 Å². The van der Waals surface area contributed by atoms with Crippen molar-refractivity contribution in [3.63, 3.8) is 0 Å². The lowest BCUT2D eigenvalue weighted by Crippen LogP contribution is -2.54. The van der Waals surface area contributed by atoms with Gasteiger partial charge in [0, 0.05) is 13.5 Å². The highest BCUT2D eigenvalue weighted by molar-refractivity contribution is 7.80. The van der Waals surface area contributed by atoms with E-state index in [0.717, 1.165) is 0 Å². The molecule has 0 bridgehead atoms. The average Bonchev–Trinajstić information content (AvgIpc) is 2.18. The van der Waals surface area contributed by atoms with Gasteiger partial charge in [0.25, 0.3) is 0 Å². The summed E-state index contributed by atoms with van der Waals surface area (Å²) >= 11 is 0. The molecule has 0 aromatic carbocycles. The van der Waals surface area contributed by atoms with Crippen molar-refractivity contribution < 1.29 is 31.7 Å². The molecule has 1 aliphatic rings. The molecule has 96 valence electrons. The zero-order valence-electron chi connectivity index (χ0n) is 8.61. The molecule has 0 aromatic heterocycles. The van der Waals surface area contributed by atoms with Crippen molar-refractivity contribution >= 4 is 10.4 Å². The van der Waals surface area contributed by atoms with Crippen molar-refractivity contribution in [2.75, 3.05) is 13.7 Å². The second-order valence-electron chi connectivity index (χ2n) is 3.44. The van der Waals surface area contributed by atoms with Crippen molar-refractivity contribution in [3.05, 3.63) is 0 Å². The molecule has 1 rings (SSSR count). The third-order valence-electron chi connectivity index (χ3n) is 2.22. The number of rotatable bonds is 4. The van der Waals surface area contributed by atoms with Gasteiger partial charge < -0.3 is 24.9 Å². The van der Waals surface area contributed by atoms with Gasteiger partial charge in [0.15, 0.2) is 6.29 Å². The quantitative estimate of drug-likeness (QED) is 0.432. The van der Waals surface area contributed by atoms with Gasteiger partial charge in [-0.1, -0.05) is 0 Å². The van der Waals surface area contributed by atoms with Gasteiger partial charge in [-0.3, -0.25) is 4.18 Å². The van der Waals surface area contributed by atoms with Crippen LogP contribution in [0.4, 0.5) is 0 Å². The van der Waals surface area contributed by atoms with E-state index < -0.39 is 41.5 Å². The molecule has 8 nitrogen and oxygen atoms in total. The van der Waals surface area contributed by atoms with Gasteiger partial charge in [-0.2, -0.15) is 0 Å². The monoisotopic (exact) mass is 256 g/mol. The minimum absolute atomic E-state index is 0.0799. The smallest absolute Gasteiger partial charge is 0.217 e. The molecule has 1 heterocycles. The molecule has 1 saturated heterocycles. The Kier molecular flexibility index (Phi) is 4.62.